The number of nitrogens with one attached hydrogen (secondary N) is 1. The zero-order valence-electron chi connectivity index (χ0n) is 12.1. The number of carbonyl (C=O) groups is 1. The van der Waals surface area contributed by atoms with Crippen molar-refractivity contribution in [3.05, 3.63) is 11.9 Å². The number of hydrogen-bond donors (Lipinski definition) is 1. The first kappa shape index (κ1) is 15.5. The Morgan fingerprint density at radius 1 is 1.53 bits per heavy atom. The van der Waals surface area contributed by atoms with E-state index in [1.165, 1.54) is 0 Å². The molecular weight excluding hydrogens is 246 g/mol. The quantitative estimate of drug-likeness (QED) is 0.573. The van der Waals surface area contributed by atoms with E-state index < -0.39 is 0 Å². The highest BCUT2D eigenvalue weighted by Gasteiger charge is 2.10. The molecule has 0 unspecified atom stereocenters. The lowest BCUT2D eigenvalue weighted by Gasteiger charge is -2.08. The number of aromatic nitrogens is 2. The highest BCUT2D eigenvalue weighted by atomic mass is 16.6. The summed E-state index contributed by atoms with van der Waals surface area (Å²) < 4.78 is 11.8. The fourth-order valence-electron chi connectivity index (χ4n) is 1.68. The minimum atomic E-state index is -0.327. The van der Waals surface area contributed by atoms with E-state index in [2.05, 4.69) is 24.3 Å². The van der Waals surface area contributed by atoms with E-state index in [1.54, 1.807) is 11.6 Å². The molecule has 0 fully saturated rings. The van der Waals surface area contributed by atoms with Gasteiger partial charge in [0.2, 0.25) is 0 Å². The van der Waals surface area contributed by atoms with Crippen molar-refractivity contribution in [2.75, 3.05) is 31.7 Å². The van der Waals surface area contributed by atoms with Crippen LogP contribution in [0.3, 0.4) is 0 Å². The molecule has 1 rings (SSSR count). The van der Waals surface area contributed by atoms with Crippen LogP contribution < -0.4 is 5.32 Å². The first-order valence-electron chi connectivity index (χ1n) is 6.55. The molecule has 0 aliphatic carbocycles. The molecule has 19 heavy (non-hydrogen) atoms. The fraction of sp³-hybridized carbons (Fsp3) is 0.692. The summed E-state index contributed by atoms with van der Waals surface area (Å²) in [6, 6.07) is 0. The van der Waals surface area contributed by atoms with Crippen LogP contribution in [-0.2, 0) is 21.3 Å². The zero-order chi connectivity index (χ0) is 14.3. The van der Waals surface area contributed by atoms with Crippen LogP contribution in [0.1, 0.15) is 32.4 Å². The highest BCUT2D eigenvalue weighted by molar-refractivity contribution is 5.70. The van der Waals surface area contributed by atoms with E-state index in [4.69, 9.17) is 9.47 Å². The number of anilines is 1. The maximum absolute atomic E-state index is 11.0. The van der Waals surface area contributed by atoms with E-state index >= 15 is 0 Å². The van der Waals surface area contributed by atoms with Gasteiger partial charge < -0.3 is 14.8 Å². The molecular formula is C13H23N3O3. The molecule has 1 heterocycles. The summed E-state index contributed by atoms with van der Waals surface area (Å²) in [4.78, 5) is 11.0. The number of esters is 1. The predicted molar refractivity (Wildman–Crippen MR) is 73.2 cm³/mol. The lowest BCUT2D eigenvalue weighted by atomic mass is 10.1. The average molecular weight is 269 g/mol. The van der Waals surface area contributed by atoms with Crippen LogP contribution >= 0.6 is 0 Å². The summed E-state index contributed by atoms with van der Waals surface area (Å²) in [5, 5.41) is 7.66. The maximum atomic E-state index is 11.0. The molecule has 0 saturated carbocycles. The molecule has 0 amide bonds. The third kappa shape index (κ3) is 5.30. The minimum Gasteiger partial charge on any atom is -0.464 e. The van der Waals surface area contributed by atoms with E-state index in [9.17, 15) is 4.79 Å². The van der Waals surface area contributed by atoms with E-state index in [-0.39, 0.29) is 12.6 Å². The van der Waals surface area contributed by atoms with Crippen molar-refractivity contribution in [3.63, 3.8) is 0 Å². The van der Waals surface area contributed by atoms with Gasteiger partial charge in [-0.2, -0.15) is 5.10 Å². The van der Waals surface area contributed by atoms with Gasteiger partial charge in [0.1, 0.15) is 6.61 Å². The van der Waals surface area contributed by atoms with Crippen LogP contribution in [0, 0.1) is 0 Å². The van der Waals surface area contributed by atoms with Crippen molar-refractivity contribution in [3.8, 4) is 0 Å². The van der Waals surface area contributed by atoms with Gasteiger partial charge >= 0.3 is 5.97 Å². The van der Waals surface area contributed by atoms with Gasteiger partial charge in [0.15, 0.2) is 0 Å². The van der Waals surface area contributed by atoms with Crippen LogP contribution in [-0.4, -0.2) is 42.1 Å². The molecule has 0 aromatic carbocycles. The number of nitrogens with zero attached hydrogens (tertiary/aromatic N) is 2. The second-order valence-electron chi connectivity index (χ2n) is 4.54. The maximum Gasteiger partial charge on any atom is 0.332 e. The van der Waals surface area contributed by atoms with Crippen LogP contribution in [0.2, 0.25) is 0 Å². The molecule has 6 heteroatoms. The van der Waals surface area contributed by atoms with Crippen molar-refractivity contribution in [1.82, 2.24) is 9.78 Å². The second-order valence-corrected chi connectivity index (χ2v) is 4.54. The standard InChI is InChI=1S/C13H23N3O3/c1-5-19-12(17)9-18-7-6-14-11-8-16(4)15-13(11)10(2)3/h8,10,14H,5-7,9H2,1-4H3. The summed E-state index contributed by atoms with van der Waals surface area (Å²) in [7, 11) is 1.90. The third-order valence-electron chi connectivity index (χ3n) is 2.49. The van der Waals surface area contributed by atoms with E-state index in [1.807, 2.05) is 13.2 Å². The number of carbonyl (C=O) groups excluding carboxylic acids is 1. The zero-order valence-corrected chi connectivity index (χ0v) is 12.1. The van der Waals surface area contributed by atoms with E-state index in [0.717, 1.165) is 11.4 Å². The fourth-order valence-corrected chi connectivity index (χ4v) is 1.68. The van der Waals surface area contributed by atoms with Crippen molar-refractivity contribution < 1.29 is 14.3 Å². The first-order valence-corrected chi connectivity index (χ1v) is 6.55. The summed E-state index contributed by atoms with van der Waals surface area (Å²) >= 11 is 0. The van der Waals surface area contributed by atoms with Crippen LogP contribution in [0.4, 0.5) is 5.69 Å². The molecule has 0 radical (unpaired) electrons. The summed E-state index contributed by atoms with van der Waals surface area (Å²) in [6.07, 6.45) is 1.95. The highest BCUT2D eigenvalue weighted by Crippen LogP contribution is 2.21. The van der Waals surface area contributed by atoms with Crippen molar-refractivity contribution >= 4 is 11.7 Å². The van der Waals surface area contributed by atoms with Gasteiger partial charge in [0.05, 0.1) is 24.6 Å². The monoisotopic (exact) mass is 269 g/mol. The molecule has 1 aromatic rings. The molecule has 108 valence electrons. The van der Waals surface area contributed by atoms with Crippen molar-refractivity contribution in [2.45, 2.75) is 26.7 Å². The topological polar surface area (TPSA) is 65.4 Å². The number of aryl methyl sites for hydroxylation is 1. The minimum absolute atomic E-state index is 0.000399. The first-order chi connectivity index (χ1) is 9.04. The summed E-state index contributed by atoms with van der Waals surface area (Å²) in [6.45, 7) is 7.44. The van der Waals surface area contributed by atoms with Crippen LogP contribution in [0.15, 0.2) is 6.20 Å². The molecule has 6 nitrogen and oxygen atoms in total. The van der Waals surface area contributed by atoms with Crippen molar-refractivity contribution in [1.29, 1.82) is 0 Å². The summed E-state index contributed by atoms with van der Waals surface area (Å²) in [5.41, 5.74) is 2.05. The molecule has 1 N–H and O–H groups in total. The Hall–Kier alpha value is -1.56. The van der Waals surface area contributed by atoms with E-state index in [0.29, 0.717) is 25.7 Å². The Balaban J connectivity index is 2.28. The van der Waals surface area contributed by atoms with Crippen LogP contribution in [0.25, 0.3) is 0 Å². The van der Waals surface area contributed by atoms with Gasteiger partial charge in [-0.3, -0.25) is 4.68 Å². The van der Waals surface area contributed by atoms with Gasteiger partial charge in [-0.15, -0.1) is 0 Å². The lowest BCUT2D eigenvalue weighted by molar-refractivity contribution is -0.148. The molecule has 1 aromatic heterocycles. The molecule has 0 bridgehead atoms. The number of hydrogen-bond acceptors (Lipinski definition) is 5. The normalized spacial score (nSPS) is 10.8. The second kappa shape index (κ2) is 7.78. The number of rotatable bonds is 8. The van der Waals surface area contributed by atoms with Gasteiger partial charge in [-0.1, -0.05) is 13.8 Å². The van der Waals surface area contributed by atoms with Gasteiger partial charge in [0, 0.05) is 19.8 Å². The van der Waals surface area contributed by atoms with Gasteiger partial charge in [-0.25, -0.2) is 4.79 Å². The molecule has 0 saturated heterocycles. The average Bonchev–Trinajstić information content (AvgIpc) is 2.70. The molecule has 0 spiro atoms. The number of ether oxygens (including phenoxy) is 2. The van der Waals surface area contributed by atoms with Gasteiger partial charge in [-0.05, 0) is 12.8 Å². The largest absolute Gasteiger partial charge is 0.464 e. The molecule has 0 aliphatic heterocycles. The third-order valence-corrected chi connectivity index (χ3v) is 2.49. The lowest BCUT2D eigenvalue weighted by Crippen LogP contribution is -2.16. The van der Waals surface area contributed by atoms with Crippen LogP contribution in [0.5, 0.6) is 0 Å². The predicted octanol–water partition coefficient (Wildman–Crippen LogP) is 1.54. The molecule has 0 aliphatic rings. The Morgan fingerprint density at radius 2 is 2.26 bits per heavy atom. The Labute approximate surface area is 114 Å². The Morgan fingerprint density at radius 3 is 2.89 bits per heavy atom. The molecule has 0 atom stereocenters. The smallest absolute Gasteiger partial charge is 0.332 e. The Kier molecular flexibility index (Phi) is 6.35. The Bertz CT molecular complexity index is 402. The summed E-state index contributed by atoms with van der Waals surface area (Å²) in [5.74, 6) is 0.0379. The SMILES string of the molecule is CCOC(=O)COCCNc1cn(C)nc1C(C)C. The van der Waals surface area contributed by atoms with Gasteiger partial charge in [0.25, 0.3) is 0 Å². The van der Waals surface area contributed by atoms with Crippen molar-refractivity contribution in [2.24, 2.45) is 7.05 Å².